The lowest BCUT2D eigenvalue weighted by molar-refractivity contribution is -0.132. The number of aryl methyl sites for hydroxylation is 1. The Bertz CT molecular complexity index is 1500. The maximum atomic E-state index is 13.6. The van der Waals surface area contributed by atoms with Gasteiger partial charge in [-0.05, 0) is 44.5 Å². The van der Waals surface area contributed by atoms with Crippen LogP contribution >= 0.6 is 23.2 Å². The van der Waals surface area contributed by atoms with Gasteiger partial charge >= 0.3 is 0 Å². The summed E-state index contributed by atoms with van der Waals surface area (Å²) in [6.45, 7) is 6.36. The molecule has 0 saturated carbocycles. The predicted molar refractivity (Wildman–Crippen MR) is 154 cm³/mol. The van der Waals surface area contributed by atoms with Crippen molar-refractivity contribution in [2.75, 3.05) is 32.3 Å². The fourth-order valence-corrected chi connectivity index (χ4v) is 5.42. The Morgan fingerprint density at radius 2 is 1.60 bits per heavy atom. The molecule has 3 aromatic carbocycles. The molecule has 210 valence electrons. The summed E-state index contributed by atoms with van der Waals surface area (Å²) in [5, 5.41) is 11.7. The van der Waals surface area contributed by atoms with Crippen LogP contribution in [-0.2, 0) is 9.59 Å². The third-order valence-corrected chi connectivity index (χ3v) is 7.03. The van der Waals surface area contributed by atoms with Gasteiger partial charge in [-0.3, -0.25) is 14.5 Å². The molecule has 1 N–H and O–H groups in total. The Labute approximate surface area is 242 Å². The fraction of sp³-hybridized carbons (Fsp3) is 0.267. The van der Waals surface area contributed by atoms with Crippen LogP contribution in [-0.4, -0.2) is 44.2 Å². The number of Topliss-reactive ketones (excluding diaryl/α,β-unsaturated/α-hetero) is 1. The van der Waals surface area contributed by atoms with Crippen LogP contribution < -0.4 is 23.8 Å². The summed E-state index contributed by atoms with van der Waals surface area (Å²) < 4.78 is 22.2. The van der Waals surface area contributed by atoms with Gasteiger partial charge in [0.25, 0.3) is 11.7 Å². The van der Waals surface area contributed by atoms with E-state index >= 15 is 0 Å². The number of hydrogen-bond acceptors (Lipinski definition) is 7. The molecule has 1 unspecified atom stereocenters. The molecule has 0 spiro atoms. The highest BCUT2D eigenvalue weighted by Crippen LogP contribution is 2.48. The molecule has 1 aliphatic rings. The van der Waals surface area contributed by atoms with Crippen LogP contribution in [0.2, 0.25) is 10.0 Å². The van der Waals surface area contributed by atoms with Crippen molar-refractivity contribution < 1.29 is 33.6 Å². The van der Waals surface area contributed by atoms with Crippen molar-refractivity contribution in [1.29, 1.82) is 0 Å². The third kappa shape index (κ3) is 5.17. The summed E-state index contributed by atoms with van der Waals surface area (Å²) in [6, 6.07) is 12.7. The fourth-order valence-electron chi connectivity index (χ4n) is 4.74. The average molecular weight is 586 g/mol. The van der Waals surface area contributed by atoms with Crippen molar-refractivity contribution >= 4 is 46.3 Å². The number of anilines is 1. The number of rotatable bonds is 9. The van der Waals surface area contributed by atoms with E-state index in [2.05, 4.69) is 0 Å². The molecule has 0 aromatic heterocycles. The molecule has 40 heavy (non-hydrogen) atoms. The van der Waals surface area contributed by atoms with E-state index in [1.807, 2.05) is 39.0 Å². The molecule has 1 atom stereocenters. The first-order valence-electron chi connectivity index (χ1n) is 12.6. The average Bonchev–Trinajstić information content (AvgIpc) is 3.19. The number of aliphatic hydroxyl groups excluding tert-OH is 1. The Morgan fingerprint density at radius 3 is 2.23 bits per heavy atom. The quantitative estimate of drug-likeness (QED) is 0.169. The zero-order valence-corrected chi connectivity index (χ0v) is 24.2. The molecular weight excluding hydrogens is 557 g/mol. The van der Waals surface area contributed by atoms with Crippen molar-refractivity contribution in [2.45, 2.75) is 26.8 Å². The number of carbonyl (C=O) groups excluding carboxylic acids is 2. The van der Waals surface area contributed by atoms with Crippen molar-refractivity contribution in [2.24, 2.45) is 0 Å². The molecular formula is C30H29Cl2NO7. The predicted octanol–water partition coefficient (Wildman–Crippen LogP) is 6.74. The van der Waals surface area contributed by atoms with Crippen LogP contribution in [0.1, 0.15) is 36.6 Å². The number of benzene rings is 3. The minimum atomic E-state index is -0.989. The molecule has 1 amide bonds. The molecule has 1 aliphatic heterocycles. The monoisotopic (exact) mass is 585 g/mol. The van der Waals surface area contributed by atoms with Crippen LogP contribution in [0.25, 0.3) is 5.76 Å². The van der Waals surface area contributed by atoms with E-state index < -0.39 is 23.5 Å². The largest absolute Gasteiger partial charge is 0.507 e. The minimum Gasteiger partial charge on any atom is -0.507 e. The number of ether oxygens (including phenoxy) is 4. The van der Waals surface area contributed by atoms with Crippen LogP contribution in [0, 0.1) is 6.92 Å². The standard InChI is InChI=1S/C30H29Cl2NO7/c1-6-39-21-12-11-18(14-22(21)40-7-2)33-25(17-10-8-9-16(3)13-17)23(27(35)30(33)36)26(34)19-15-20(31)29(38-5)24(32)28(19)37-4/h8-15,25,34H,6-7H2,1-5H3/b26-23+. The molecule has 1 fully saturated rings. The minimum absolute atomic E-state index is 0.00764. The van der Waals surface area contributed by atoms with Crippen molar-refractivity contribution in [3.05, 3.63) is 80.8 Å². The Balaban J connectivity index is 2.00. The number of amides is 1. The van der Waals surface area contributed by atoms with Gasteiger partial charge in [0.1, 0.15) is 10.8 Å². The van der Waals surface area contributed by atoms with Gasteiger partial charge in [0.2, 0.25) is 0 Å². The van der Waals surface area contributed by atoms with Gasteiger partial charge in [0, 0.05) is 11.8 Å². The van der Waals surface area contributed by atoms with Crippen molar-refractivity contribution in [3.63, 3.8) is 0 Å². The van der Waals surface area contributed by atoms with Gasteiger partial charge in [0.05, 0.1) is 49.6 Å². The summed E-state index contributed by atoms with van der Waals surface area (Å²) in [5.41, 5.74) is 1.78. The Kier molecular flexibility index (Phi) is 8.81. The summed E-state index contributed by atoms with van der Waals surface area (Å²) in [6.07, 6.45) is 0. The van der Waals surface area contributed by atoms with Gasteiger partial charge in [-0.2, -0.15) is 0 Å². The molecule has 1 saturated heterocycles. The van der Waals surface area contributed by atoms with Crippen molar-refractivity contribution in [3.8, 4) is 23.0 Å². The topological polar surface area (TPSA) is 94.5 Å². The lowest BCUT2D eigenvalue weighted by Gasteiger charge is -2.26. The molecule has 1 heterocycles. The van der Waals surface area contributed by atoms with Gasteiger partial charge in [-0.1, -0.05) is 53.0 Å². The zero-order valence-electron chi connectivity index (χ0n) is 22.7. The highest BCUT2D eigenvalue weighted by molar-refractivity contribution is 6.52. The number of halogens is 2. The molecule has 3 aromatic rings. The third-order valence-electron chi connectivity index (χ3n) is 6.40. The molecule has 8 nitrogen and oxygen atoms in total. The van der Waals surface area contributed by atoms with Gasteiger partial charge in [0.15, 0.2) is 23.0 Å². The van der Waals surface area contributed by atoms with Crippen LogP contribution in [0.15, 0.2) is 54.1 Å². The number of aliphatic hydroxyl groups is 1. The highest BCUT2D eigenvalue weighted by Gasteiger charge is 2.47. The second kappa shape index (κ2) is 12.1. The van der Waals surface area contributed by atoms with Gasteiger partial charge in [-0.15, -0.1) is 0 Å². The zero-order chi connectivity index (χ0) is 29.1. The first-order chi connectivity index (χ1) is 19.2. The van der Waals surface area contributed by atoms with Crippen LogP contribution in [0.5, 0.6) is 23.0 Å². The van der Waals surface area contributed by atoms with E-state index in [0.29, 0.717) is 36.0 Å². The smallest absolute Gasteiger partial charge is 0.300 e. The maximum Gasteiger partial charge on any atom is 0.300 e. The Morgan fingerprint density at radius 1 is 0.925 bits per heavy atom. The Hall–Kier alpha value is -3.88. The number of methoxy groups -OCH3 is 2. The molecule has 0 bridgehead atoms. The van der Waals surface area contributed by atoms with Crippen LogP contribution in [0.4, 0.5) is 5.69 Å². The number of carbonyl (C=O) groups is 2. The lowest BCUT2D eigenvalue weighted by atomic mass is 9.94. The van der Waals surface area contributed by atoms with E-state index in [9.17, 15) is 14.7 Å². The van der Waals surface area contributed by atoms with Gasteiger partial charge in [-0.25, -0.2) is 0 Å². The van der Waals surface area contributed by atoms with E-state index in [1.54, 1.807) is 24.3 Å². The maximum absolute atomic E-state index is 13.6. The molecule has 0 radical (unpaired) electrons. The summed E-state index contributed by atoms with van der Waals surface area (Å²) in [4.78, 5) is 28.6. The second-order valence-corrected chi connectivity index (χ2v) is 9.65. The number of hydrogen-bond donors (Lipinski definition) is 1. The normalized spacial score (nSPS) is 16.3. The van der Waals surface area contributed by atoms with E-state index in [4.69, 9.17) is 42.1 Å². The van der Waals surface area contributed by atoms with E-state index in [1.165, 1.54) is 25.2 Å². The van der Waals surface area contributed by atoms with Gasteiger partial charge < -0.3 is 24.1 Å². The first kappa shape index (κ1) is 29.1. The highest BCUT2D eigenvalue weighted by atomic mass is 35.5. The second-order valence-electron chi connectivity index (χ2n) is 8.87. The number of ketones is 1. The van der Waals surface area contributed by atoms with E-state index in [-0.39, 0.29) is 32.7 Å². The van der Waals surface area contributed by atoms with Crippen molar-refractivity contribution in [1.82, 2.24) is 0 Å². The lowest BCUT2D eigenvalue weighted by Crippen LogP contribution is -2.29. The van der Waals surface area contributed by atoms with E-state index in [0.717, 1.165) is 5.56 Å². The summed E-state index contributed by atoms with van der Waals surface area (Å²) >= 11 is 12.8. The summed E-state index contributed by atoms with van der Waals surface area (Å²) in [7, 11) is 2.75. The summed E-state index contributed by atoms with van der Waals surface area (Å²) in [5.74, 6) is -1.11. The molecule has 4 rings (SSSR count). The SMILES string of the molecule is CCOc1ccc(N2C(=O)C(=O)/C(=C(/O)c3cc(Cl)c(OC)c(Cl)c3OC)C2c2cccc(C)c2)cc1OCC. The van der Waals surface area contributed by atoms with Crippen LogP contribution in [0.3, 0.4) is 0 Å². The molecule has 10 heteroatoms. The molecule has 0 aliphatic carbocycles. The number of nitrogens with zero attached hydrogens (tertiary/aromatic N) is 1. The first-order valence-corrected chi connectivity index (χ1v) is 13.3.